The summed E-state index contributed by atoms with van der Waals surface area (Å²) in [6, 6.07) is 7.49. The van der Waals surface area contributed by atoms with Gasteiger partial charge >= 0.3 is 0 Å². The molecule has 182 valence electrons. The summed E-state index contributed by atoms with van der Waals surface area (Å²) >= 11 is 6.37. The summed E-state index contributed by atoms with van der Waals surface area (Å²) in [4.78, 5) is 20.9. The maximum atomic E-state index is 13.1. The van der Waals surface area contributed by atoms with Crippen molar-refractivity contribution < 1.29 is 23.7 Å². The molecular weight excluding hydrogens is 472 g/mol. The molecule has 0 unspecified atom stereocenters. The van der Waals surface area contributed by atoms with Crippen LogP contribution in [0.3, 0.4) is 0 Å². The number of nitrogens with one attached hydrogen (secondary N) is 3. The van der Waals surface area contributed by atoms with Crippen LogP contribution >= 0.6 is 11.6 Å². The lowest BCUT2D eigenvalue weighted by Crippen LogP contribution is -2.33. The molecule has 9 nitrogen and oxygen atoms in total. The first-order valence-electron chi connectivity index (χ1n) is 11.6. The van der Waals surface area contributed by atoms with Crippen molar-refractivity contribution in [1.29, 1.82) is 0 Å². The number of methoxy groups -OCH3 is 1. The fourth-order valence-electron chi connectivity index (χ4n) is 4.74. The standard InChI is InChI=1S/C25H25ClN4O5/c1-32-24-16(26)3-2-4-17(24)28-23-20-21(15-9-18(15)29-25(20)31)30-22(23)14-5-6-27-10-19(14)35-12-13-11-33-7-8-34-13/h2-6,10,13,15,18,28,30H,7-9,11-12H2,1H3,(H,29,31)/t13-,15-,18+/m0/s1. The van der Waals surface area contributed by atoms with Gasteiger partial charge in [0.15, 0.2) is 5.75 Å². The molecule has 6 rings (SSSR count). The molecule has 1 saturated heterocycles. The average molecular weight is 497 g/mol. The first kappa shape index (κ1) is 22.2. The van der Waals surface area contributed by atoms with E-state index in [0.29, 0.717) is 59.9 Å². The van der Waals surface area contributed by atoms with Crippen LogP contribution in [0.5, 0.6) is 11.5 Å². The second-order valence-corrected chi connectivity index (χ2v) is 9.19. The number of halogens is 1. The first-order valence-corrected chi connectivity index (χ1v) is 11.9. The van der Waals surface area contributed by atoms with Crippen LogP contribution in [0, 0.1) is 0 Å². The number of H-pyrrole nitrogens is 1. The van der Waals surface area contributed by atoms with Crippen molar-refractivity contribution in [2.45, 2.75) is 24.5 Å². The summed E-state index contributed by atoms with van der Waals surface area (Å²) in [5.74, 6) is 1.22. The van der Waals surface area contributed by atoms with E-state index < -0.39 is 0 Å². The first-order chi connectivity index (χ1) is 17.1. The van der Waals surface area contributed by atoms with Gasteiger partial charge in [0.25, 0.3) is 5.91 Å². The largest absolute Gasteiger partial charge is 0.493 e. The van der Waals surface area contributed by atoms with E-state index in [0.717, 1.165) is 23.4 Å². The zero-order chi connectivity index (χ0) is 23.9. The highest BCUT2D eigenvalue weighted by atomic mass is 35.5. The summed E-state index contributed by atoms with van der Waals surface area (Å²) in [7, 11) is 1.56. The third kappa shape index (κ3) is 4.09. The van der Waals surface area contributed by atoms with Gasteiger partial charge in [-0.15, -0.1) is 0 Å². The van der Waals surface area contributed by atoms with Gasteiger partial charge < -0.3 is 34.6 Å². The van der Waals surface area contributed by atoms with E-state index >= 15 is 0 Å². The van der Waals surface area contributed by atoms with Gasteiger partial charge in [-0.05, 0) is 24.6 Å². The van der Waals surface area contributed by atoms with E-state index in [9.17, 15) is 4.79 Å². The lowest BCUT2D eigenvalue weighted by atomic mass is 10.0. The summed E-state index contributed by atoms with van der Waals surface area (Å²) in [5.41, 5.74) is 4.31. The van der Waals surface area contributed by atoms with Crippen LogP contribution in [0.25, 0.3) is 11.3 Å². The zero-order valence-electron chi connectivity index (χ0n) is 19.1. The van der Waals surface area contributed by atoms with Gasteiger partial charge in [-0.1, -0.05) is 17.7 Å². The van der Waals surface area contributed by atoms with E-state index in [-0.39, 0.29) is 24.0 Å². The minimum atomic E-state index is -0.153. The highest BCUT2D eigenvalue weighted by molar-refractivity contribution is 6.32. The van der Waals surface area contributed by atoms with Crippen LogP contribution in [0.15, 0.2) is 36.7 Å². The van der Waals surface area contributed by atoms with Crippen LogP contribution in [-0.4, -0.2) is 61.6 Å². The second kappa shape index (κ2) is 9.07. The highest BCUT2D eigenvalue weighted by Crippen LogP contribution is 2.51. The molecule has 3 aliphatic rings. The molecule has 1 aromatic carbocycles. The highest BCUT2D eigenvalue weighted by Gasteiger charge is 2.48. The molecule has 2 aliphatic heterocycles. The van der Waals surface area contributed by atoms with Gasteiger partial charge in [0.1, 0.15) is 18.5 Å². The Bertz CT molecular complexity index is 1270. The number of carbonyl (C=O) groups excluding carboxylic acids is 1. The number of aromatic nitrogens is 2. The number of rotatable bonds is 7. The molecule has 10 heteroatoms. The van der Waals surface area contributed by atoms with Gasteiger partial charge in [-0.2, -0.15) is 0 Å². The minimum Gasteiger partial charge on any atom is -0.493 e. The van der Waals surface area contributed by atoms with Crippen molar-refractivity contribution in [2.75, 3.05) is 38.9 Å². The Balaban J connectivity index is 1.42. The molecule has 3 N–H and O–H groups in total. The normalized spacial score (nSPS) is 22.6. The van der Waals surface area contributed by atoms with E-state index in [1.54, 1.807) is 25.6 Å². The number of benzene rings is 1. The van der Waals surface area contributed by atoms with Crippen LogP contribution in [0.1, 0.15) is 28.4 Å². The van der Waals surface area contributed by atoms with E-state index in [2.05, 4.69) is 20.6 Å². The van der Waals surface area contributed by atoms with Gasteiger partial charge in [0.05, 0.1) is 60.8 Å². The number of pyridine rings is 1. The smallest absolute Gasteiger partial charge is 0.255 e. The lowest BCUT2D eigenvalue weighted by molar-refractivity contribution is -0.101. The molecule has 2 aromatic heterocycles. The number of hydrogen-bond donors (Lipinski definition) is 3. The molecule has 1 saturated carbocycles. The molecule has 3 aromatic rings. The molecule has 0 radical (unpaired) electrons. The summed E-state index contributed by atoms with van der Waals surface area (Å²) in [6.45, 7) is 1.95. The fraction of sp³-hybridized carbons (Fsp3) is 0.360. The number of fused-ring (bicyclic) bond motifs is 3. The SMILES string of the molecule is COc1c(Cl)cccc1Nc1c(-c2ccncc2OC[C@@H]2COCCO2)[nH]c2c1C(=O)N[C@@H]1C[C@H]21. The molecule has 0 spiro atoms. The predicted molar refractivity (Wildman–Crippen MR) is 130 cm³/mol. The quantitative estimate of drug-likeness (QED) is 0.455. The van der Waals surface area contributed by atoms with Gasteiger partial charge in [0, 0.05) is 29.4 Å². The number of amides is 1. The molecule has 3 atom stereocenters. The third-order valence-corrected chi connectivity index (χ3v) is 6.83. The maximum Gasteiger partial charge on any atom is 0.255 e. The number of hydrogen-bond acceptors (Lipinski definition) is 7. The minimum absolute atomic E-state index is 0.117. The van der Waals surface area contributed by atoms with Crippen LogP contribution in [0.2, 0.25) is 5.02 Å². The Morgan fingerprint density at radius 2 is 2.20 bits per heavy atom. The molecule has 1 amide bonds. The van der Waals surface area contributed by atoms with Crippen molar-refractivity contribution in [1.82, 2.24) is 15.3 Å². The number of carbonyl (C=O) groups is 1. The Labute approximate surface area is 207 Å². The number of anilines is 2. The van der Waals surface area contributed by atoms with Gasteiger partial charge in [0.2, 0.25) is 0 Å². The van der Waals surface area contributed by atoms with Crippen LogP contribution < -0.4 is 20.1 Å². The number of para-hydroxylation sites is 1. The third-order valence-electron chi connectivity index (χ3n) is 6.53. The van der Waals surface area contributed by atoms with Crippen molar-refractivity contribution in [3.05, 3.63) is 52.9 Å². The molecule has 35 heavy (non-hydrogen) atoms. The van der Waals surface area contributed by atoms with Crippen molar-refractivity contribution in [3.8, 4) is 22.8 Å². The maximum absolute atomic E-state index is 13.1. The zero-order valence-corrected chi connectivity index (χ0v) is 19.9. The Hall–Kier alpha value is -3.27. The summed E-state index contributed by atoms with van der Waals surface area (Å²) in [6.07, 6.45) is 4.13. The topological polar surface area (TPSA) is 107 Å². The number of nitrogens with zero attached hydrogens (tertiary/aromatic N) is 1. The van der Waals surface area contributed by atoms with E-state index in [4.69, 9.17) is 30.5 Å². The van der Waals surface area contributed by atoms with Crippen LogP contribution in [-0.2, 0) is 9.47 Å². The van der Waals surface area contributed by atoms with Crippen molar-refractivity contribution in [2.24, 2.45) is 0 Å². The molecular formula is C25H25ClN4O5. The Morgan fingerprint density at radius 3 is 3.03 bits per heavy atom. The monoisotopic (exact) mass is 496 g/mol. The van der Waals surface area contributed by atoms with Crippen LogP contribution in [0.4, 0.5) is 11.4 Å². The van der Waals surface area contributed by atoms with Crippen molar-refractivity contribution in [3.63, 3.8) is 0 Å². The summed E-state index contributed by atoms with van der Waals surface area (Å²) in [5, 5.41) is 6.98. The molecule has 4 heterocycles. The number of aromatic amines is 1. The molecule has 0 bridgehead atoms. The second-order valence-electron chi connectivity index (χ2n) is 8.78. The Morgan fingerprint density at radius 1 is 1.29 bits per heavy atom. The Kier molecular flexibility index (Phi) is 5.75. The van der Waals surface area contributed by atoms with Crippen molar-refractivity contribution >= 4 is 28.9 Å². The molecule has 2 fully saturated rings. The van der Waals surface area contributed by atoms with E-state index in [1.165, 1.54) is 0 Å². The molecule has 1 aliphatic carbocycles. The van der Waals surface area contributed by atoms with Gasteiger partial charge in [-0.25, -0.2) is 0 Å². The fourth-order valence-corrected chi connectivity index (χ4v) is 4.99. The average Bonchev–Trinajstić information content (AvgIpc) is 3.55. The summed E-state index contributed by atoms with van der Waals surface area (Å²) < 4.78 is 22.9. The predicted octanol–water partition coefficient (Wildman–Crippen LogP) is 3.88. The van der Waals surface area contributed by atoms with Gasteiger partial charge in [-0.3, -0.25) is 9.78 Å². The van der Waals surface area contributed by atoms with E-state index in [1.807, 2.05) is 18.2 Å². The lowest BCUT2D eigenvalue weighted by Gasteiger charge is -2.23. The number of ether oxygens (including phenoxy) is 4.